The van der Waals surface area contributed by atoms with Gasteiger partial charge >= 0.3 is 0 Å². The van der Waals surface area contributed by atoms with E-state index >= 15 is 0 Å². The molecule has 0 aromatic heterocycles. The molecule has 1 fully saturated rings. The number of piperidine rings is 1. The number of hydrogen-bond acceptors (Lipinski definition) is 3. The van der Waals surface area contributed by atoms with Crippen LogP contribution in [0.5, 0.6) is 0 Å². The van der Waals surface area contributed by atoms with E-state index in [4.69, 9.17) is 0 Å². The summed E-state index contributed by atoms with van der Waals surface area (Å²) in [4.78, 5) is 15.0. The molecule has 24 heavy (non-hydrogen) atoms. The van der Waals surface area contributed by atoms with Crippen LogP contribution in [0.15, 0.2) is 60.7 Å². The molecule has 1 N–H and O–H groups in total. The molecule has 1 aliphatic heterocycles. The Bertz CT molecular complexity index is 661. The Kier molecular flexibility index (Phi) is 5.12. The van der Waals surface area contributed by atoms with E-state index in [1.54, 1.807) is 0 Å². The van der Waals surface area contributed by atoms with Crippen LogP contribution >= 0.6 is 0 Å². The fraction of sp³-hybridized carbons (Fsp3) is 0.381. The van der Waals surface area contributed by atoms with Gasteiger partial charge in [0.1, 0.15) is 0 Å². The predicted octanol–water partition coefficient (Wildman–Crippen LogP) is 3.53. The maximum Gasteiger partial charge on any atom is 0.168 e. The summed E-state index contributed by atoms with van der Waals surface area (Å²) >= 11 is 0. The molecule has 0 saturated carbocycles. The summed E-state index contributed by atoms with van der Waals surface area (Å²) in [6.07, 6.45) is 1.28. The lowest BCUT2D eigenvalue weighted by molar-refractivity contribution is -0.0533. The van der Waals surface area contributed by atoms with Gasteiger partial charge in [0.2, 0.25) is 0 Å². The smallest absolute Gasteiger partial charge is 0.168 e. The molecule has 0 spiro atoms. The number of Topliss-reactive ketones (excluding diaryl/α,β-unsaturated/α-hetero) is 1. The van der Waals surface area contributed by atoms with Crippen LogP contribution in [0.25, 0.3) is 0 Å². The van der Waals surface area contributed by atoms with Crippen molar-refractivity contribution < 1.29 is 9.90 Å². The minimum atomic E-state index is -0.903. The number of hydrogen-bond donors (Lipinski definition) is 1. The summed E-state index contributed by atoms with van der Waals surface area (Å²) in [6, 6.07) is 19.7. The molecule has 3 heteroatoms. The average molecular weight is 323 g/mol. The molecule has 2 aromatic rings. The largest absolute Gasteiger partial charge is 0.389 e. The number of carbonyl (C=O) groups excluding carboxylic acids is 1. The SMILES string of the molecule is CC(C(=O)c1ccccc1)C1(O)CCN(Cc2ccccc2)CC1. The highest BCUT2D eigenvalue weighted by Crippen LogP contribution is 2.32. The second-order valence-electron chi connectivity index (χ2n) is 6.82. The third-order valence-corrected chi connectivity index (χ3v) is 5.23. The molecule has 0 amide bonds. The van der Waals surface area contributed by atoms with Crippen molar-refractivity contribution in [3.8, 4) is 0 Å². The summed E-state index contributed by atoms with van der Waals surface area (Å²) < 4.78 is 0. The van der Waals surface area contributed by atoms with Crippen LogP contribution < -0.4 is 0 Å². The Morgan fingerprint density at radius 2 is 1.58 bits per heavy atom. The van der Waals surface area contributed by atoms with Gasteiger partial charge in [0.05, 0.1) is 5.60 Å². The lowest BCUT2D eigenvalue weighted by Crippen LogP contribution is -2.50. The van der Waals surface area contributed by atoms with Gasteiger partial charge in [0.15, 0.2) is 5.78 Å². The van der Waals surface area contributed by atoms with Crippen LogP contribution in [-0.4, -0.2) is 34.5 Å². The van der Waals surface area contributed by atoms with E-state index in [0.29, 0.717) is 18.4 Å². The first-order chi connectivity index (χ1) is 11.6. The number of likely N-dealkylation sites (tertiary alicyclic amines) is 1. The highest BCUT2D eigenvalue weighted by molar-refractivity contribution is 5.98. The molecule has 2 aromatic carbocycles. The Balaban J connectivity index is 1.60. The Morgan fingerprint density at radius 1 is 1.04 bits per heavy atom. The van der Waals surface area contributed by atoms with Crippen molar-refractivity contribution in [2.75, 3.05) is 13.1 Å². The zero-order valence-corrected chi connectivity index (χ0v) is 14.2. The Hall–Kier alpha value is -1.97. The van der Waals surface area contributed by atoms with E-state index in [-0.39, 0.29) is 11.7 Å². The van der Waals surface area contributed by atoms with Crippen molar-refractivity contribution in [2.45, 2.75) is 31.9 Å². The lowest BCUT2D eigenvalue weighted by atomic mass is 9.77. The molecule has 3 nitrogen and oxygen atoms in total. The van der Waals surface area contributed by atoms with Crippen LogP contribution in [0.3, 0.4) is 0 Å². The summed E-state index contributed by atoms with van der Waals surface area (Å²) in [7, 11) is 0. The van der Waals surface area contributed by atoms with E-state index in [1.807, 2.05) is 43.3 Å². The maximum atomic E-state index is 12.6. The van der Waals surface area contributed by atoms with E-state index in [9.17, 15) is 9.90 Å². The Labute approximate surface area is 143 Å². The molecule has 0 bridgehead atoms. The summed E-state index contributed by atoms with van der Waals surface area (Å²) in [5, 5.41) is 11.0. The molecular formula is C21H25NO2. The van der Waals surface area contributed by atoms with Gasteiger partial charge in [-0.3, -0.25) is 9.69 Å². The quantitative estimate of drug-likeness (QED) is 0.856. The first kappa shape index (κ1) is 16.9. The normalized spacial score (nSPS) is 18.9. The molecule has 1 unspecified atom stereocenters. The maximum absolute atomic E-state index is 12.6. The van der Waals surface area contributed by atoms with Crippen LogP contribution in [0.1, 0.15) is 35.7 Å². The van der Waals surface area contributed by atoms with E-state index in [1.165, 1.54) is 5.56 Å². The van der Waals surface area contributed by atoms with Crippen molar-refractivity contribution in [3.05, 3.63) is 71.8 Å². The number of nitrogens with zero attached hydrogens (tertiary/aromatic N) is 1. The van der Waals surface area contributed by atoms with Gasteiger partial charge in [0.25, 0.3) is 0 Å². The molecule has 0 radical (unpaired) electrons. The number of carbonyl (C=O) groups is 1. The van der Waals surface area contributed by atoms with Gasteiger partial charge in [-0.15, -0.1) is 0 Å². The number of aliphatic hydroxyl groups is 1. The molecule has 126 valence electrons. The van der Waals surface area contributed by atoms with Crippen molar-refractivity contribution in [1.82, 2.24) is 4.90 Å². The van der Waals surface area contributed by atoms with Gasteiger partial charge in [0, 0.05) is 31.1 Å². The second kappa shape index (κ2) is 7.29. The molecule has 1 aliphatic rings. The molecule has 1 saturated heterocycles. The number of benzene rings is 2. The average Bonchev–Trinajstić information content (AvgIpc) is 2.64. The van der Waals surface area contributed by atoms with Crippen LogP contribution in [-0.2, 0) is 6.54 Å². The number of ketones is 1. The third-order valence-electron chi connectivity index (χ3n) is 5.23. The zero-order valence-electron chi connectivity index (χ0n) is 14.2. The molecular weight excluding hydrogens is 298 g/mol. The topological polar surface area (TPSA) is 40.5 Å². The first-order valence-electron chi connectivity index (χ1n) is 8.66. The molecule has 1 atom stereocenters. The molecule has 3 rings (SSSR count). The lowest BCUT2D eigenvalue weighted by Gasteiger charge is -2.41. The minimum absolute atomic E-state index is 0.0367. The van der Waals surface area contributed by atoms with Crippen LogP contribution in [0, 0.1) is 5.92 Å². The standard InChI is InChI=1S/C21H25NO2/c1-17(20(23)19-10-6-3-7-11-19)21(24)12-14-22(15-13-21)16-18-8-4-2-5-9-18/h2-11,17,24H,12-16H2,1H3. The van der Waals surface area contributed by atoms with Gasteiger partial charge < -0.3 is 5.11 Å². The van der Waals surface area contributed by atoms with E-state index < -0.39 is 5.60 Å². The van der Waals surface area contributed by atoms with Crippen molar-refractivity contribution in [3.63, 3.8) is 0 Å². The van der Waals surface area contributed by atoms with Crippen molar-refractivity contribution >= 4 is 5.78 Å². The van der Waals surface area contributed by atoms with E-state index in [0.717, 1.165) is 19.6 Å². The highest BCUT2D eigenvalue weighted by atomic mass is 16.3. The van der Waals surface area contributed by atoms with Crippen LogP contribution in [0.4, 0.5) is 0 Å². The van der Waals surface area contributed by atoms with Crippen molar-refractivity contribution in [2.24, 2.45) is 5.92 Å². The molecule has 0 aliphatic carbocycles. The number of rotatable bonds is 5. The van der Waals surface area contributed by atoms with Crippen molar-refractivity contribution in [1.29, 1.82) is 0 Å². The monoisotopic (exact) mass is 323 g/mol. The summed E-state index contributed by atoms with van der Waals surface area (Å²) in [6.45, 7) is 4.40. The van der Waals surface area contributed by atoms with Gasteiger partial charge in [-0.1, -0.05) is 67.6 Å². The minimum Gasteiger partial charge on any atom is -0.389 e. The zero-order chi connectivity index (χ0) is 17.0. The predicted molar refractivity (Wildman–Crippen MR) is 95.8 cm³/mol. The third kappa shape index (κ3) is 3.74. The first-order valence-corrected chi connectivity index (χ1v) is 8.66. The van der Waals surface area contributed by atoms with Crippen LogP contribution in [0.2, 0.25) is 0 Å². The Morgan fingerprint density at radius 3 is 2.17 bits per heavy atom. The highest BCUT2D eigenvalue weighted by Gasteiger charge is 2.40. The van der Waals surface area contributed by atoms with Gasteiger partial charge in [-0.25, -0.2) is 0 Å². The van der Waals surface area contributed by atoms with Gasteiger partial charge in [-0.05, 0) is 18.4 Å². The summed E-state index contributed by atoms with van der Waals surface area (Å²) in [5.41, 5.74) is 1.07. The fourth-order valence-corrected chi connectivity index (χ4v) is 3.47. The fourth-order valence-electron chi connectivity index (χ4n) is 3.47. The van der Waals surface area contributed by atoms with E-state index in [2.05, 4.69) is 29.2 Å². The van der Waals surface area contributed by atoms with Gasteiger partial charge in [-0.2, -0.15) is 0 Å². The summed E-state index contributed by atoms with van der Waals surface area (Å²) in [5.74, 6) is -0.339. The second-order valence-corrected chi connectivity index (χ2v) is 6.82. The molecule has 1 heterocycles.